The average Bonchev–Trinajstić information content (AvgIpc) is 2.73. The quantitative estimate of drug-likeness (QED) is 0.181. The van der Waals surface area contributed by atoms with Gasteiger partial charge in [0.1, 0.15) is 5.54 Å². The first kappa shape index (κ1) is 29.4. The molecule has 0 aliphatic heterocycles. The zero-order valence-electron chi connectivity index (χ0n) is 20.2. The first-order valence-electron chi connectivity index (χ1n) is 12.6. The van der Waals surface area contributed by atoms with E-state index in [0.717, 1.165) is 38.5 Å². The van der Waals surface area contributed by atoms with E-state index in [1.54, 1.807) is 0 Å². The summed E-state index contributed by atoms with van der Waals surface area (Å²) in [5.74, 6) is -1.96. The Morgan fingerprint density at radius 1 is 0.710 bits per heavy atom. The Morgan fingerprint density at radius 3 is 1.87 bits per heavy atom. The number of carbonyl (C=O) groups excluding carboxylic acids is 1. The van der Waals surface area contributed by atoms with Crippen LogP contribution in [0, 0.1) is 5.92 Å². The zero-order valence-corrected chi connectivity index (χ0v) is 20.2. The largest absolute Gasteiger partial charge is 0.481 e. The molecule has 3 N–H and O–H groups in total. The highest BCUT2D eigenvalue weighted by atomic mass is 16.4. The molecule has 0 saturated carbocycles. The van der Waals surface area contributed by atoms with Gasteiger partial charge < -0.3 is 15.5 Å². The molecule has 0 aromatic carbocycles. The number of hydrogen-bond acceptors (Lipinski definition) is 3. The van der Waals surface area contributed by atoms with Crippen molar-refractivity contribution in [3.63, 3.8) is 0 Å². The number of nitrogens with one attached hydrogen (secondary N) is 1. The highest BCUT2D eigenvalue weighted by molar-refractivity contribution is 5.87. The molecule has 0 aliphatic carbocycles. The maximum absolute atomic E-state index is 12.7. The SMILES string of the molecule is CCCCCCCCC(CCCC)CCC(=O)NC(CCCC)(CCC(=O)O)C(=O)O. The van der Waals surface area contributed by atoms with Crippen molar-refractivity contribution in [1.82, 2.24) is 5.32 Å². The van der Waals surface area contributed by atoms with Gasteiger partial charge in [0.2, 0.25) is 5.91 Å². The Bertz CT molecular complexity index is 508. The van der Waals surface area contributed by atoms with E-state index >= 15 is 0 Å². The molecule has 0 saturated heterocycles. The third kappa shape index (κ3) is 14.2. The fraction of sp³-hybridized carbons (Fsp3) is 0.880. The molecule has 6 heteroatoms. The smallest absolute Gasteiger partial charge is 0.329 e. The van der Waals surface area contributed by atoms with Crippen LogP contribution in [-0.4, -0.2) is 33.6 Å². The number of rotatable bonds is 21. The van der Waals surface area contributed by atoms with Crippen LogP contribution in [0.4, 0.5) is 0 Å². The number of carbonyl (C=O) groups is 3. The maximum Gasteiger partial charge on any atom is 0.329 e. The predicted octanol–water partition coefficient (Wildman–Crippen LogP) is 6.32. The summed E-state index contributed by atoms with van der Waals surface area (Å²) in [5, 5.41) is 21.5. The maximum atomic E-state index is 12.7. The number of amides is 1. The highest BCUT2D eigenvalue weighted by Crippen LogP contribution is 2.25. The summed E-state index contributed by atoms with van der Waals surface area (Å²) < 4.78 is 0. The van der Waals surface area contributed by atoms with E-state index in [2.05, 4.69) is 19.2 Å². The minimum absolute atomic E-state index is 0.0829. The Balaban J connectivity index is 4.79. The molecule has 0 spiro atoms. The number of carboxylic acid groups (broad SMARTS) is 2. The van der Waals surface area contributed by atoms with E-state index < -0.39 is 17.5 Å². The van der Waals surface area contributed by atoms with Gasteiger partial charge in [-0.2, -0.15) is 0 Å². The van der Waals surface area contributed by atoms with Crippen LogP contribution in [0.1, 0.15) is 130 Å². The Labute approximate surface area is 189 Å². The fourth-order valence-electron chi connectivity index (χ4n) is 4.12. The minimum Gasteiger partial charge on any atom is -0.481 e. The summed E-state index contributed by atoms with van der Waals surface area (Å²) >= 11 is 0. The summed E-state index contributed by atoms with van der Waals surface area (Å²) in [6.07, 6.45) is 14.4. The lowest BCUT2D eigenvalue weighted by molar-refractivity contribution is -0.149. The van der Waals surface area contributed by atoms with Gasteiger partial charge in [-0.15, -0.1) is 0 Å². The van der Waals surface area contributed by atoms with Crippen molar-refractivity contribution in [3.05, 3.63) is 0 Å². The van der Waals surface area contributed by atoms with Crippen LogP contribution in [-0.2, 0) is 14.4 Å². The van der Waals surface area contributed by atoms with Crippen LogP contribution in [0.15, 0.2) is 0 Å². The van der Waals surface area contributed by atoms with Crippen molar-refractivity contribution in [2.75, 3.05) is 0 Å². The topological polar surface area (TPSA) is 104 Å². The molecule has 0 radical (unpaired) electrons. The van der Waals surface area contributed by atoms with Gasteiger partial charge in [-0.25, -0.2) is 4.79 Å². The molecule has 2 atom stereocenters. The summed E-state index contributed by atoms with van der Waals surface area (Å²) in [5.41, 5.74) is -1.48. The molecule has 0 aromatic heterocycles. The fourth-order valence-corrected chi connectivity index (χ4v) is 4.12. The van der Waals surface area contributed by atoms with E-state index in [0.29, 0.717) is 18.8 Å². The second kappa shape index (κ2) is 18.0. The minimum atomic E-state index is -1.48. The van der Waals surface area contributed by atoms with Gasteiger partial charge in [-0.05, 0) is 25.2 Å². The van der Waals surface area contributed by atoms with Crippen molar-refractivity contribution in [1.29, 1.82) is 0 Å². The lowest BCUT2D eigenvalue weighted by atomic mass is 9.86. The second-order valence-corrected chi connectivity index (χ2v) is 9.04. The molecule has 0 aromatic rings. The molecule has 0 aliphatic rings. The molecule has 6 nitrogen and oxygen atoms in total. The van der Waals surface area contributed by atoms with Crippen LogP contribution in [0.25, 0.3) is 0 Å². The van der Waals surface area contributed by atoms with Crippen molar-refractivity contribution < 1.29 is 24.6 Å². The summed E-state index contributed by atoms with van der Waals surface area (Å²) in [7, 11) is 0. The molecule has 0 heterocycles. The van der Waals surface area contributed by atoms with Crippen molar-refractivity contribution in [2.45, 2.75) is 135 Å². The third-order valence-corrected chi connectivity index (χ3v) is 6.22. The zero-order chi connectivity index (χ0) is 23.5. The molecule has 1 amide bonds. The Kier molecular flexibility index (Phi) is 17.1. The predicted molar refractivity (Wildman–Crippen MR) is 125 cm³/mol. The summed E-state index contributed by atoms with van der Waals surface area (Å²) in [6.45, 7) is 6.34. The average molecular weight is 442 g/mol. The summed E-state index contributed by atoms with van der Waals surface area (Å²) in [6, 6.07) is 0. The molecule has 0 fully saturated rings. The van der Waals surface area contributed by atoms with Crippen LogP contribution in [0.2, 0.25) is 0 Å². The highest BCUT2D eigenvalue weighted by Gasteiger charge is 2.39. The first-order valence-corrected chi connectivity index (χ1v) is 12.6. The lowest BCUT2D eigenvalue weighted by Crippen LogP contribution is -2.54. The third-order valence-electron chi connectivity index (χ3n) is 6.22. The number of aliphatic carboxylic acids is 2. The van der Waals surface area contributed by atoms with Gasteiger partial charge >= 0.3 is 11.9 Å². The number of carboxylic acids is 2. The van der Waals surface area contributed by atoms with E-state index in [4.69, 9.17) is 5.11 Å². The molecule has 31 heavy (non-hydrogen) atoms. The molecule has 0 bridgehead atoms. The van der Waals surface area contributed by atoms with E-state index in [9.17, 15) is 19.5 Å². The Morgan fingerprint density at radius 2 is 1.29 bits per heavy atom. The summed E-state index contributed by atoms with van der Waals surface area (Å²) in [4.78, 5) is 35.7. The lowest BCUT2D eigenvalue weighted by Gasteiger charge is -2.30. The van der Waals surface area contributed by atoms with Gasteiger partial charge in [0.05, 0.1) is 0 Å². The van der Waals surface area contributed by atoms with Gasteiger partial charge in [0, 0.05) is 12.8 Å². The van der Waals surface area contributed by atoms with Crippen molar-refractivity contribution >= 4 is 17.8 Å². The van der Waals surface area contributed by atoms with Gasteiger partial charge in [0.15, 0.2) is 0 Å². The Hall–Kier alpha value is -1.59. The molecule has 0 rings (SSSR count). The van der Waals surface area contributed by atoms with E-state index in [1.807, 2.05) is 6.92 Å². The number of hydrogen-bond donors (Lipinski definition) is 3. The molecule has 182 valence electrons. The van der Waals surface area contributed by atoms with Gasteiger partial charge in [-0.1, -0.05) is 97.8 Å². The van der Waals surface area contributed by atoms with Crippen LogP contribution >= 0.6 is 0 Å². The standard InChI is InChI=1S/C25H47NO5/c1-4-7-10-11-12-13-15-21(14-8-5-2)16-17-22(27)26-25(24(30)31,19-9-6-3)20-18-23(28)29/h21H,4-20H2,1-3H3,(H,26,27)(H,28,29)(H,30,31). The van der Waals surface area contributed by atoms with E-state index in [1.165, 1.54) is 38.5 Å². The molecular weight excluding hydrogens is 394 g/mol. The van der Waals surface area contributed by atoms with Crippen LogP contribution in [0.3, 0.4) is 0 Å². The van der Waals surface area contributed by atoms with Crippen molar-refractivity contribution in [2.24, 2.45) is 5.92 Å². The van der Waals surface area contributed by atoms with Crippen LogP contribution in [0.5, 0.6) is 0 Å². The first-order chi connectivity index (χ1) is 14.8. The monoisotopic (exact) mass is 441 g/mol. The number of unbranched alkanes of at least 4 members (excludes halogenated alkanes) is 7. The normalized spacial score (nSPS) is 14.0. The van der Waals surface area contributed by atoms with Gasteiger partial charge in [-0.3, -0.25) is 9.59 Å². The van der Waals surface area contributed by atoms with Crippen molar-refractivity contribution in [3.8, 4) is 0 Å². The second-order valence-electron chi connectivity index (χ2n) is 9.04. The van der Waals surface area contributed by atoms with Crippen LogP contribution < -0.4 is 5.32 Å². The van der Waals surface area contributed by atoms with Gasteiger partial charge in [0.25, 0.3) is 0 Å². The van der Waals surface area contributed by atoms with E-state index in [-0.39, 0.29) is 25.2 Å². The molecular formula is C25H47NO5. The molecule has 2 unspecified atom stereocenters.